The van der Waals surface area contributed by atoms with Crippen molar-refractivity contribution in [3.05, 3.63) is 23.0 Å². The molecule has 0 saturated heterocycles. The van der Waals surface area contributed by atoms with Crippen LogP contribution < -0.4 is 0 Å². The quantitative estimate of drug-likeness (QED) is 0.730. The summed E-state index contributed by atoms with van der Waals surface area (Å²) in [5.41, 5.74) is 1.45. The maximum absolute atomic E-state index is 11.6. The second-order valence-electron chi connectivity index (χ2n) is 3.29. The second kappa shape index (κ2) is 4.21. The zero-order valence-corrected chi connectivity index (χ0v) is 9.80. The normalized spacial score (nSPS) is 13.4. The van der Waals surface area contributed by atoms with Crippen LogP contribution in [0.4, 0.5) is 0 Å². The number of rotatable bonds is 2. The Morgan fingerprint density at radius 1 is 1.31 bits per heavy atom. The molecular weight excluding hydrogens is 230 g/mol. The van der Waals surface area contributed by atoms with E-state index in [-0.39, 0.29) is 5.56 Å². The number of esters is 2. The first kappa shape index (κ1) is 11.1. The molecule has 6 heteroatoms. The van der Waals surface area contributed by atoms with Gasteiger partial charge in [-0.15, -0.1) is 11.8 Å². The number of hydrogen-bond donors (Lipinski definition) is 0. The number of fused-ring (bicyclic) bond motifs is 1. The van der Waals surface area contributed by atoms with E-state index >= 15 is 0 Å². The van der Waals surface area contributed by atoms with E-state index in [4.69, 9.17) is 0 Å². The molecule has 1 aromatic rings. The van der Waals surface area contributed by atoms with Gasteiger partial charge in [0.05, 0.1) is 31.2 Å². The Kier molecular flexibility index (Phi) is 2.91. The average molecular weight is 241 g/mol. The molecule has 2 heterocycles. The lowest BCUT2D eigenvalue weighted by Gasteiger charge is -2.02. The maximum Gasteiger partial charge on any atom is 0.340 e. The Hall–Kier alpha value is -1.43. The van der Waals surface area contributed by atoms with E-state index in [0.717, 1.165) is 11.6 Å². The van der Waals surface area contributed by atoms with E-state index < -0.39 is 11.9 Å². The summed E-state index contributed by atoms with van der Waals surface area (Å²) in [7, 11) is 2.59. The van der Waals surface area contributed by atoms with Crippen molar-refractivity contribution >= 4 is 23.7 Å². The first-order valence-corrected chi connectivity index (χ1v) is 5.81. The minimum Gasteiger partial charge on any atom is -0.465 e. The molecule has 0 amide bonds. The molecule has 0 fully saturated rings. The van der Waals surface area contributed by atoms with Gasteiger partial charge in [-0.1, -0.05) is 0 Å². The number of methoxy groups -OCH3 is 2. The molecule has 1 aliphatic heterocycles. The van der Waals surface area contributed by atoms with Crippen molar-refractivity contribution in [3.63, 3.8) is 0 Å². The highest BCUT2D eigenvalue weighted by Gasteiger charge is 2.29. The SMILES string of the molecule is COC(=O)c1cn2c(c1C(=O)OC)CSC2. The van der Waals surface area contributed by atoms with Crippen LogP contribution in [0.5, 0.6) is 0 Å². The third kappa shape index (κ3) is 1.59. The highest BCUT2D eigenvalue weighted by Crippen LogP contribution is 2.31. The molecule has 16 heavy (non-hydrogen) atoms. The third-order valence-corrected chi connectivity index (χ3v) is 3.39. The molecule has 0 spiro atoms. The monoisotopic (exact) mass is 241 g/mol. The van der Waals surface area contributed by atoms with Gasteiger partial charge in [0.1, 0.15) is 0 Å². The first-order chi connectivity index (χ1) is 7.69. The van der Waals surface area contributed by atoms with Gasteiger partial charge in [-0.3, -0.25) is 0 Å². The first-order valence-electron chi connectivity index (χ1n) is 4.65. The molecule has 0 atom stereocenters. The van der Waals surface area contributed by atoms with Crippen LogP contribution in [0.1, 0.15) is 26.4 Å². The van der Waals surface area contributed by atoms with Crippen LogP contribution in [0.15, 0.2) is 6.20 Å². The third-order valence-electron chi connectivity index (χ3n) is 2.45. The smallest absolute Gasteiger partial charge is 0.340 e. The van der Waals surface area contributed by atoms with Gasteiger partial charge in [0.15, 0.2) is 0 Å². The predicted molar refractivity (Wildman–Crippen MR) is 58.4 cm³/mol. The molecule has 0 radical (unpaired) electrons. The lowest BCUT2D eigenvalue weighted by atomic mass is 10.1. The van der Waals surface area contributed by atoms with E-state index in [1.807, 2.05) is 4.57 Å². The second-order valence-corrected chi connectivity index (χ2v) is 4.25. The maximum atomic E-state index is 11.6. The predicted octanol–water partition coefficient (Wildman–Crippen LogP) is 1.27. The fourth-order valence-electron chi connectivity index (χ4n) is 1.70. The van der Waals surface area contributed by atoms with Crippen molar-refractivity contribution < 1.29 is 19.1 Å². The zero-order chi connectivity index (χ0) is 11.7. The Morgan fingerprint density at radius 3 is 2.62 bits per heavy atom. The summed E-state index contributed by atoms with van der Waals surface area (Å²) in [6, 6.07) is 0. The number of ether oxygens (including phenoxy) is 2. The molecule has 86 valence electrons. The Balaban J connectivity index is 2.53. The summed E-state index contributed by atoms with van der Waals surface area (Å²) in [6.45, 7) is 0. The van der Waals surface area contributed by atoms with Crippen LogP contribution in [0, 0.1) is 0 Å². The van der Waals surface area contributed by atoms with Crippen LogP contribution in [-0.2, 0) is 21.1 Å². The number of carbonyl (C=O) groups is 2. The van der Waals surface area contributed by atoms with Crippen molar-refractivity contribution in [2.45, 2.75) is 11.6 Å². The summed E-state index contributed by atoms with van der Waals surface area (Å²) in [5, 5.41) is 0. The van der Waals surface area contributed by atoms with Crippen LogP contribution in [0.25, 0.3) is 0 Å². The summed E-state index contributed by atoms with van der Waals surface area (Å²) in [4.78, 5) is 23.1. The summed E-state index contributed by atoms with van der Waals surface area (Å²) >= 11 is 1.68. The number of carbonyl (C=O) groups excluding carboxylic acids is 2. The standard InChI is InChI=1S/C10H11NO4S/c1-14-9(12)6-3-11-5-16-4-7(11)8(6)10(13)15-2/h3H,4-5H2,1-2H3. The fraction of sp³-hybridized carbons (Fsp3) is 0.400. The minimum absolute atomic E-state index is 0.282. The van der Waals surface area contributed by atoms with Gasteiger partial charge in [-0.05, 0) is 0 Å². The van der Waals surface area contributed by atoms with Gasteiger partial charge in [0, 0.05) is 17.6 Å². The van der Waals surface area contributed by atoms with E-state index in [9.17, 15) is 9.59 Å². The molecule has 1 aromatic heterocycles. The lowest BCUT2D eigenvalue weighted by Crippen LogP contribution is -2.10. The Bertz CT molecular complexity index is 452. The highest BCUT2D eigenvalue weighted by molar-refractivity contribution is 7.97. The Morgan fingerprint density at radius 2 is 2.00 bits per heavy atom. The van der Waals surface area contributed by atoms with E-state index in [2.05, 4.69) is 9.47 Å². The molecule has 0 saturated carbocycles. The zero-order valence-electron chi connectivity index (χ0n) is 8.98. The Labute approximate surface area is 96.7 Å². The topological polar surface area (TPSA) is 57.5 Å². The summed E-state index contributed by atoms with van der Waals surface area (Å²) in [5.74, 6) is 0.460. The van der Waals surface area contributed by atoms with Gasteiger partial charge in [0.2, 0.25) is 0 Å². The number of aromatic nitrogens is 1. The van der Waals surface area contributed by atoms with Gasteiger partial charge in [-0.25, -0.2) is 9.59 Å². The number of nitrogens with zero attached hydrogens (tertiary/aromatic N) is 1. The molecule has 0 bridgehead atoms. The van der Waals surface area contributed by atoms with Crippen LogP contribution >= 0.6 is 11.8 Å². The van der Waals surface area contributed by atoms with Crippen molar-refractivity contribution in [1.29, 1.82) is 0 Å². The average Bonchev–Trinajstić information content (AvgIpc) is 2.86. The molecule has 0 aromatic carbocycles. The van der Waals surface area contributed by atoms with Crippen LogP contribution in [0.3, 0.4) is 0 Å². The molecule has 0 N–H and O–H groups in total. The molecule has 0 aliphatic carbocycles. The van der Waals surface area contributed by atoms with E-state index in [0.29, 0.717) is 11.3 Å². The lowest BCUT2D eigenvalue weighted by molar-refractivity contribution is 0.0556. The largest absolute Gasteiger partial charge is 0.465 e. The van der Waals surface area contributed by atoms with Crippen LogP contribution in [-0.4, -0.2) is 30.7 Å². The van der Waals surface area contributed by atoms with Crippen LogP contribution in [0.2, 0.25) is 0 Å². The van der Waals surface area contributed by atoms with Gasteiger partial charge in [0.25, 0.3) is 0 Å². The molecule has 2 rings (SSSR count). The van der Waals surface area contributed by atoms with Crippen molar-refractivity contribution in [2.75, 3.05) is 14.2 Å². The molecular formula is C10H11NO4S. The molecule has 5 nitrogen and oxygen atoms in total. The summed E-state index contributed by atoms with van der Waals surface area (Å²) < 4.78 is 11.2. The fourth-order valence-corrected chi connectivity index (χ4v) is 2.72. The van der Waals surface area contributed by atoms with Gasteiger partial charge in [-0.2, -0.15) is 0 Å². The minimum atomic E-state index is -0.507. The van der Waals surface area contributed by atoms with Crippen molar-refractivity contribution in [3.8, 4) is 0 Å². The highest BCUT2D eigenvalue weighted by atomic mass is 32.2. The summed E-state index contributed by atoms with van der Waals surface area (Å²) in [6.07, 6.45) is 1.65. The molecule has 0 unspecified atom stereocenters. The van der Waals surface area contributed by atoms with E-state index in [1.54, 1.807) is 18.0 Å². The van der Waals surface area contributed by atoms with Gasteiger partial charge >= 0.3 is 11.9 Å². The van der Waals surface area contributed by atoms with E-state index in [1.165, 1.54) is 14.2 Å². The number of thioether (sulfide) groups is 1. The van der Waals surface area contributed by atoms with Gasteiger partial charge < -0.3 is 14.0 Å². The van der Waals surface area contributed by atoms with Crippen molar-refractivity contribution in [1.82, 2.24) is 4.57 Å². The number of hydrogen-bond acceptors (Lipinski definition) is 5. The molecule has 1 aliphatic rings. The van der Waals surface area contributed by atoms with Crippen molar-refractivity contribution in [2.24, 2.45) is 0 Å².